The highest BCUT2D eigenvalue weighted by Crippen LogP contribution is 2.25. The molecule has 0 saturated heterocycles. The second-order valence-electron chi connectivity index (χ2n) is 2.98. The van der Waals surface area contributed by atoms with E-state index in [0.717, 1.165) is 0 Å². The second kappa shape index (κ2) is 4.59. The molecule has 0 aliphatic rings. The first-order valence-electron chi connectivity index (χ1n) is 4.20. The molecule has 0 saturated carbocycles. The highest BCUT2D eigenvalue weighted by Gasteiger charge is 2.22. The zero-order chi connectivity index (χ0) is 11.6. The number of rotatable bonds is 3. The van der Waals surface area contributed by atoms with Gasteiger partial charge in [0.05, 0.1) is 6.10 Å². The van der Waals surface area contributed by atoms with Crippen molar-refractivity contribution in [3.63, 3.8) is 0 Å². The van der Waals surface area contributed by atoms with E-state index >= 15 is 0 Å². The lowest BCUT2D eigenvalue weighted by Gasteiger charge is -2.11. The third kappa shape index (κ3) is 2.27. The lowest BCUT2D eigenvalue weighted by atomic mass is 10.1. The molecule has 0 heterocycles. The molecule has 15 heavy (non-hydrogen) atoms. The minimum atomic E-state index is -1.93. The number of aliphatic hydroxyl groups excluding tert-OH is 1. The second-order valence-corrected chi connectivity index (χ2v) is 2.98. The summed E-state index contributed by atoms with van der Waals surface area (Å²) >= 11 is 0. The van der Waals surface area contributed by atoms with Gasteiger partial charge in [0.15, 0.2) is 23.3 Å². The molecule has 0 bridgehead atoms. The number of nitrogens with two attached hydrogens (primary N) is 1. The maximum atomic E-state index is 13.0. The summed E-state index contributed by atoms with van der Waals surface area (Å²) in [5, 5.41) is 9.27. The van der Waals surface area contributed by atoms with E-state index < -0.39 is 34.9 Å². The smallest absolute Gasteiger partial charge is 0.197 e. The standard InChI is InChI=1S/C9H9F4NO/c10-5-3-4(6(15)1-2-14)7(11)9(13)8(5)12/h3,6,15H,1-2,14H2. The van der Waals surface area contributed by atoms with E-state index in [0.29, 0.717) is 6.07 Å². The van der Waals surface area contributed by atoms with Crippen molar-refractivity contribution in [2.45, 2.75) is 12.5 Å². The Kier molecular flexibility index (Phi) is 3.65. The third-order valence-corrected chi connectivity index (χ3v) is 1.93. The van der Waals surface area contributed by atoms with Gasteiger partial charge in [-0.15, -0.1) is 0 Å². The molecule has 84 valence electrons. The van der Waals surface area contributed by atoms with Gasteiger partial charge in [0.2, 0.25) is 0 Å². The molecule has 3 N–H and O–H groups in total. The average molecular weight is 223 g/mol. The normalized spacial score (nSPS) is 12.9. The van der Waals surface area contributed by atoms with Crippen molar-refractivity contribution < 1.29 is 22.7 Å². The monoisotopic (exact) mass is 223 g/mol. The summed E-state index contributed by atoms with van der Waals surface area (Å²) in [6, 6.07) is 0.425. The number of halogens is 4. The maximum absolute atomic E-state index is 13.0. The Morgan fingerprint density at radius 2 is 1.73 bits per heavy atom. The maximum Gasteiger partial charge on any atom is 0.197 e. The Bertz CT molecular complexity index is 370. The molecule has 0 aromatic heterocycles. The molecule has 0 spiro atoms. The van der Waals surface area contributed by atoms with Gasteiger partial charge in [-0.25, -0.2) is 17.6 Å². The largest absolute Gasteiger partial charge is 0.388 e. The zero-order valence-electron chi connectivity index (χ0n) is 7.61. The van der Waals surface area contributed by atoms with E-state index in [1.807, 2.05) is 0 Å². The Morgan fingerprint density at radius 3 is 2.27 bits per heavy atom. The van der Waals surface area contributed by atoms with Crippen LogP contribution in [0, 0.1) is 23.3 Å². The minimum absolute atomic E-state index is 0.0151. The van der Waals surface area contributed by atoms with Crippen molar-refractivity contribution in [2.75, 3.05) is 6.54 Å². The molecule has 0 radical (unpaired) electrons. The van der Waals surface area contributed by atoms with Crippen LogP contribution in [-0.4, -0.2) is 11.7 Å². The van der Waals surface area contributed by atoms with E-state index in [4.69, 9.17) is 5.73 Å². The fourth-order valence-corrected chi connectivity index (χ4v) is 1.15. The lowest BCUT2D eigenvalue weighted by molar-refractivity contribution is 0.163. The first-order chi connectivity index (χ1) is 6.99. The van der Waals surface area contributed by atoms with E-state index in [2.05, 4.69) is 0 Å². The fraction of sp³-hybridized carbons (Fsp3) is 0.333. The van der Waals surface area contributed by atoms with Gasteiger partial charge in [0.1, 0.15) is 0 Å². The molecule has 1 aromatic rings. The first kappa shape index (κ1) is 11.9. The Labute approximate surface area is 83.3 Å². The summed E-state index contributed by atoms with van der Waals surface area (Å²) in [5.41, 5.74) is 4.45. The first-order valence-corrected chi connectivity index (χ1v) is 4.20. The molecule has 2 nitrogen and oxygen atoms in total. The molecule has 1 rings (SSSR count). The summed E-state index contributed by atoms with van der Waals surface area (Å²) in [6.07, 6.45) is -1.51. The van der Waals surface area contributed by atoms with Crippen molar-refractivity contribution in [1.82, 2.24) is 0 Å². The van der Waals surface area contributed by atoms with Gasteiger partial charge in [-0.1, -0.05) is 0 Å². The van der Waals surface area contributed by atoms with Gasteiger partial charge >= 0.3 is 0 Å². The number of aliphatic hydroxyl groups is 1. The fourth-order valence-electron chi connectivity index (χ4n) is 1.15. The SMILES string of the molecule is NCCC(O)c1cc(F)c(F)c(F)c1F. The Hall–Kier alpha value is -1.14. The van der Waals surface area contributed by atoms with Crippen LogP contribution in [-0.2, 0) is 0 Å². The van der Waals surface area contributed by atoms with E-state index in [1.165, 1.54) is 0 Å². The van der Waals surface area contributed by atoms with Crippen molar-refractivity contribution in [3.05, 3.63) is 34.9 Å². The molecule has 1 unspecified atom stereocenters. The summed E-state index contributed by atoms with van der Waals surface area (Å²) in [7, 11) is 0. The molecule has 0 amide bonds. The van der Waals surface area contributed by atoms with Gasteiger partial charge in [0.25, 0.3) is 0 Å². The third-order valence-electron chi connectivity index (χ3n) is 1.93. The number of hydrogen-bond donors (Lipinski definition) is 2. The summed E-state index contributed by atoms with van der Waals surface area (Å²) < 4.78 is 51.0. The molecule has 1 atom stereocenters. The van der Waals surface area contributed by atoms with Gasteiger partial charge in [-0.3, -0.25) is 0 Å². The van der Waals surface area contributed by atoms with Crippen molar-refractivity contribution in [2.24, 2.45) is 5.73 Å². The Morgan fingerprint density at radius 1 is 1.13 bits per heavy atom. The van der Waals surface area contributed by atoms with Crippen LogP contribution in [0.15, 0.2) is 6.07 Å². The predicted molar refractivity (Wildman–Crippen MR) is 44.9 cm³/mol. The quantitative estimate of drug-likeness (QED) is 0.464. The molecular formula is C9H9F4NO. The van der Waals surface area contributed by atoms with Crippen LogP contribution in [0.5, 0.6) is 0 Å². The van der Waals surface area contributed by atoms with Crippen LogP contribution in [0.25, 0.3) is 0 Å². The zero-order valence-corrected chi connectivity index (χ0v) is 7.61. The average Bonchev–Trinajstić information content (AvgIpc) is 2.20. The van der Waals surface area contributed by atoms with E-state index in [1.54, 1.807) is 0 Å². The van der Waals surface area contributed by atoms with Gasteiger partial charge in [0, 0.05) is 5.56 Å². The van der Waals surface area contributed by atoms with Crippen LogP contribution in [0.4, 0.5) is 17.6 Å². The number of hydrogen-bond acceptors (Lipinski definition) is 2. The summed E-state index contributed by atoms with van der Waals surface area (Å²) in [5.74, 6) is -6.95. The van der Waals surface area contributed by atoms with Crippen molar-refractivity contribution >= 4 is 0 Å². The van der Waals surface area contributed by atoms with Gasteiger partial charge in [-0.2, -0.15) is 0 Å². The van der Waals surface area contributed by atoms with Crippen LogP contribution in [0.1, 0.15) is 18.1 Å². The topological polar surface area (TPSA) is 46.2 Å². The van der Waals surface area contributed by atoms with E-state index in [9.17, 15) is 22.7 Å². The van der Waals surface area contributed by atoms with Crippen LogP contribution < -0.4 is 5.73 Å². The Balaban J connectivity index is 3.19. The van der Waals surface area contributed by atoms with Crippen LogP contribution in [0.3, 0.4) is 0 Å². The summed E-state index contributed by atoms with van der Waals surface area (Å²) in [6.45, 7) is 0.0151. The summed E-state index contributed by atoms with van der Waals surface area (Å²) in [4.78, 5) is 0. The highest BCUT2D eigenvalue weighted by molar-refractivity contribution is 5.23. The van der Waals surface area contributed by atoms with Crippen molar-refractivity contribution in [3.8, 4) is 0 Å². The molecule has 0 aliphatic carbocycles. The van der Waals surface area contributed by atoms with Crippen LogP contribution >= 0.6 is 0 Å². The van der Waals surface area contributed by atoms with Crippen LogP contribution in [0.2, 0.25) is 0 Å². The van der Waals surface area contributed by atoms with E-state index in [-0.39, 0.29) is 13.0 Å². The van der Waals surface area contributed by atoms with Gasteiger partial charge < -0.3 is 10.8 Å². The molecule has 1 aromatic carbocycles. The highest BCUT2D eigenvalue weighted by atomic mass is 19.2. The predicted octanol–water partition coefficient (Wildman–Crippen LogP) is 1.63. The lowest BCUT2D eigenvalue weighted by Crippen LogP contribution is -2.11. The molecule has 0 fully saturated rings. The molecular weight excluding hydrogens is 214 g/mol. The number of benzene rings is 1. The molecule has 6 heteroatoms. The van der Waals surface area contributed by atoms with Gasteiger partial charge in [-0.05, 0) is 19.0 Å². The molecule has 0 aliphatic heterocycles. The minimum Gasteiger partial charge on any atom is -0.388 e. The van der Waals surface area contributed by atoms with Crippen molar-refractivity contribution in [1.29, 1.82) is 0 Å².